The van der Waals surface area contributed by atoms with E-state index in [1.165, 1.54) is 6.92 Å². The Kier molecular flexibility index (Phi) is 4.53. The molecule has 10 nitrogen and oxygen atoms in total. The quantitative estimate of drug-likeness (QED) is 0.272. The minimum absolute atomic E-state index is 0.140. The number of nitrogens with two attached hydrogens (primary N) is 2. The SMILES string of the molecule is C#CC1(N)C(O)[C@@H]([C@H](C)OC(O)O)O[C@H]1n1ccc2c1N=C(N)NC2=C. The van der Waals surface area contributed by atoms with E-state index in [0.717, 1.165) is 0 Å². The number of guanidine groups is 1. The van der Waals surface area contributed by atoms with E-state index < -0.39 is 36.6 Å². The van der Waals surface area contributed by atoms with Crippen LogP contribution >= 0.6 is 0 Å². The Hall–Kier alpha value is -2.39. The molecule has 8 N–H and O–H groups in total. The van der Waals surface area contributed by atoms with E-state index in [1.54, 1.807) is 16.8 Å². The molecule has 5 atom stereocenters. The van der Waals surface area contributed by atoms with Crippen LogP contribution in [0.4, 0.5) is 5.82 Å². The van der Waals surface area contributed by atoms with E-state index in [2.05, 4.69) is 22.8 Å². The number of nitrogens with one attached hydrogen (secondary N) is 1. The second-order valence-corrected chi connectivity index (χ2v) is 6.20. The first-order valence-electron chi connectivity index (χ1n) is 7.82. The molecule has 0 aromatic carbocycles. The monoisotopic (exact) mass is 363 g/mol. The third-order valence-electron chi connectivity index (χ3n) is 4.51. The summed E-state index contributed by atoms with van der Waals surface area (Å²) < 4.78 is 12.3. The van der Waals surface area contributed by atoms with E-state index in [4.69, 9.17) is 37.6 Å². The number of aliphatic hydroxyl groups is 3. The van der Waals surface area contributed by atoms with Gasteiger partial charge >= 0.3 is 0 Å². The van der Waals surface area contributed by atoms with Crippen molar-refractivity contribution in [3.8, 4) is 12.3 Å². The van der Waals surface area contributed by atoms with Gasteiger partial charge in [-0.15, -0.1) is 6.42 Å². The van der Waals surface area contributed by atoms with Crippen LogP contribution in [0.1, 0.15) is 18.7 Å². The average molecular weight is 363 g/mol. The summed E-state index contributed by atoms with van der Waals surface area (Å²) in [5.74, 6) is 2.94. The van der Waals surface area contributed by atoms with Gasteiger partial charge in [0.15, 0.2) is 17.7 Å². The van der Waals surface area contributed by atoms with Gasteiger partial charge in [-0.25, -0.2) is 0 Å². The van der Waals surface area contributed by atoms with Crippen LogP contribution in [0.3, 0.4) is 0 Å². The minimum Gasteiger partial charge on any atom is -0.387 e. The molecule has 0 amide bonds. The third-order valence-corrected chi connectivity index (χ3v) is 4.51. The lowest BCUT2D eigenvalue weighted by molar-refractivity contribution is -0.272. The van der Waals surface area contributed by atoms with Crippen molar-refractivity contribution in [1.29, 1.82) is 0 Å². The Balaban J connectivity index is 2.01. The Labute approximate surface area is 149 Å². The summed E-state index contributed by atoms with van der Waals surface area (Å²) in [4.78, 5) is 4.23. The highest BCUT2D eigenvalue weighted by atomic mass is 16.7. The molecule has 1 saturated heterocycles. The maximum absolute atomic E-state index is 10.6. The highest BCUT2D eigenvalue weighted by molar-refractivity contribution is 5.94. The lowest BCUT2D eigenvalue weighted by atomic mass is 9.90. The molecule has 1 fully saturated rings. The van der Waals surface area contributed by atoms with E-state index in [-0.39, 0.29) is 5.96 Å². The molecule has 10 heteroatoms. The summed E-state index contributed by atoms with van der Waals surface area (Å²) in [7, 11) is 0. The first kappa shape index (κ1) is 18.4. The van der Waals surface area contributed by atoms with E-state index >= 15 is 0 Å². The zero-order valence-corrected chi connectivity index (χ0v) is 14.0. The smallest absolute Gasteiger partial charge is 0.266 e. The Morgan fingerprint density at radius 2 is 2.27 bits per heavy atom. The van der Waals surface area contributed by atoms with Crippen molar-refractivity contribution in [2.45, 2.75) is 43.5 Å². The van der Waals surface area contributed by atoms with Gasteiger partial charge in [0.2, 0.25) is 0 Å². The van der Waals surface area contributed by atoms with Crippen molar-refractivity contribution in [1.82, 2.24) is 9.88 Å². The Morgan fingerprint density at radius 1 is 1.58 bits per heavy atom. The molecule has 140 valence electrons. The van der Waals surface area contributed by atoms with E-state index in [0.29, 0.717) is 17.1 Å². The highest BCUT2D eigenvalue weighted by Gasteiger charge is 2.56. The van der Waals surface area contributed by atoms with Crippen LogP contribution in [0.25, 0.3) is 5.70 Å². The maximum atomic E-state index is 10.6. The van der Waals surface area contributed by atoms with Gasteiger partial charge in [0.05, 0.1) is 6.10 Å². The van der Waals surface area contributed by atoms with Crippen molar-refractivity contribution in [2.75, 3.05) is 0 Å². The first-order chi connectivity index (χ1) is 12.2. The van der Waals surface area contributed by atoms with Gasteiger partial charge in [-0.3, -0.25) is 0 Å². The van der Waals surface area contributed by atoms with Gasteiger partial charge in [-0.1, -0.05) is 12.5 Å². The molecule has 0 saturated carbocycles. The predicted molar refractivity (Wildman–Crippen MR) is 92.3 cm³/mol. The van der Waals surface area contributed by atoms with Gasteiger partial charge in [0, 0.05) is 17.5 Å². The number of hydrogen-bond donors (Lipinski definition) is 6. The lowest BCUT2D eigenvalue weighted by Crippen LogP contribution is -2.54. The molecule has 0 bridgehead atoms. The number of nitrogens with zero attached hydrogens (tertiary/aromatic N) is 2. The summed E-state index contributed by atoms with van der Waals surface area (Å²) in [6.07, 6.45) is 2.99. The zero-order chi connectivity index (χ0) is 19.2. The summed E-state index contributed by atoms with van der Waals surface area (Å²) in [6.45, 7) is 3.34. The molecule has 2 aliphatic heterocycles. The van der Waals surface area contributed by atoms with Crippen molar-refractivity contribution in [3.63, 3.8) is 0 Å². The lowest BCUT2D eigenvalue weighted by Gasteiger charge is -2.29. The Morgan fingerprint density at radius 3 is 2.88 bits per heavy atom. The summed E-state index contributed by atoms with van der Waals surface area (Å²) in [6, 6.07) is 1.73. The van der Waals surface area contributed by atoms with Crippen molar-refractivity contribution in [2.24, 2.45) is 16.5 Å². The van der Waals surface area contributed by atoms with Gasteiger partial charge in [-0.05, 0) is 13.0 Å². The highest BCUT2D eigenvalue weighted by Crippen LogP contribution is 2.42. The van der Waals surface area contributed by atoms with Gasteiger partial charge in [0.1, 0.15) is 18.0 Å². The minimum atomic E-state index is -2.03. The summed E-state index contributed by atoms with van der Waals surface area (Å²) in [5, 5.41) is 31.4. The predicted octanol–water partition coefficient (Wildman–Crippen LogP) is -1.73. The Bertz CT molecular complexity index is 797. The molecule has 1 aromatic rings. The second kappa shape index (κ2) is 6.40. The molecule has 2 unspecified atom stereocenters. The van der Waals surface area contributed by atoms with Crippen molar-refractivity contribution < 1.29 is 24.8 Å². The number of rotatable bonds is 4. The fraction of sp³-hybridized carbons (Fsp3) is 0.438. The molecule has 0 spiro atoms. The van der Waals surface area contributed by atoms with Crippen LogP contribution in [0.2, 0.25) is 0 Å². The zero-order valence-electron chi connectivity index (χ0n) is 14.0. The number of fused-ring (bicyclic) bond motifs is 1. The van der Waals surface area contributed by atoms with Crippen LogP contribution in [-0.2, 0) is 9.47 Å². The number of terminal acetylenes is 1. The summed E-state index contributed by atoms with van der Waals surface area (Å²) >= 11 is 0. The molecular weight excluding hydrogens is 342 g/mol. The number of hydrogen-bond acceptors (Lipinski definition) is 9. The van der Waals surface area contributed by atoms with Crippen molar-refractivity contribution in [3.05, 3.63) is 24.4 Å². The molecule has 0 radical (unpaired) electrons. The molecule has 3 heterocycles. The van der Waals surface area contributed by atoms with E-state index in [1.807, 2.05) is 0 Å². The number of aliphatic hydroxyl groups excluding tert-OH is 2. The first-order valence-corrected chi connectivity index (χ1v) is 7.82. The van der Waals surface area contributed by atoms with Crippen LogP contribution < -0.4 is 16.8 Å². The van der Waals surface area contributed by atoms with Crippen LogP contribution in [0.5, 0.6) is 0 Å². The van der Waals surface area contributed by atoms with Crippen LogP contribution in [0.15, 0.2) is 23.8 Å². The fourth-order valence-electron chi connectivity index (χ4n) is 3.19. The molecule has 1 aromatic heterocycles. The molecule has 3 rings (SSSR count). The number of ether oxygens (including phenoxy) is 2. The number of aromatic nitrogens is 1. The standard InChI is InChI=1S/C16H21N5O5/c1-4-16(18)11(22)10(8(3)25-15(23)24)26-13(16)21-6-5-9-7(2)19-14(17)20-12(9)21/h1,5-6,8,10-11,13,15,22-24H,2,18H2,3H3,(H3,17,19,20)/t8-,10+,11?,13+,16?/m0/s1. The molecule has 0 aliphatic carbocycles. The number of aliphatic imine (C=N–C) groups is 1. The van der Waals surface area contributed by atoms with Gasteiger partial charge in [-0.2, -0.15) is 4.99 Å². The van der Waals surface area contributed by atoms with Crippen LogP contribution in [-0.4, -0.2) is 56.2 Å². The molecular formula is C16H21N5O5. The van der Waals surface area contributed by atoms with E-state index in [9.17, 15) is 5.11 Å². The average Bonchev–Trinajstić information content (AvgIpc) is 3.07. The topological polar surface area (TPSA) is 161 Å². The van der Waals surface area contributed by atoms with Gasteiger partial charge < -0.3 is 46.1 Å². The van der Waals surface area contributed by atoms with Crippen LogP contribution in [0, 0.1) is 12.3 Å². The van der Waals surface area contributed by atoms with Gasteiger partial charge in [0.25, 0.3) is 6.48 Å². The largest absolute Gasteiger partial charge is 0.387 e. The summed E-state index contributed by atoms with van der Waals surface area (Å²) in [5.41, 5.74) is 11.6. The van der Waals surface area contributed by atoms with Crippen molar-refractivity contribution >= 4 is 17.5 Å². The second-order valence-electron chi connectivity index (χ2n) is 6.20. The fourth-order valence-corrected chi connectivity index (χ4v) is 3.19. The molecule has 2 aliphatic rings. The maximum Gasteiger partial charge on any atom is 0.266 e. The normalized spacial score (nSPS) is 32.0. The third kappa shape index (κ3) is 2.77. The molecule has 26 heavy (non-hydrogen) atoms.